The SMILES string of the molecule is N#Cc1ccc(C2=C(S(=O)(=O)c3ccccc3)CCCO2)cc1. The van der Waals surface area contributed by atoms with Crippen molar-refractivity contribution in [3.05, 3.63) is 70.6 Å². The molecule has 0 bridgehead atoms. The molecule has 0 radical (unpaired) electrons. The second-order valence-corrected chi connectivity index (χ2v) is 7.18. The van der Waals surface area contributed by atoms with Gasteiger partial charge >= 0.3 is 0 Å². The van der Waals surface area contributed by atoms with Gasteiger partial charge in [0.15, 0.2) is 0 Å². The quantitative estimate of drug-likeness (QED) is 0.866. The van der Waals surface area contributed by atoms with Crippen LogP contribution >= 0.6 is 0 Å². The standard InChI is InChI=1S/C18H15NO3S/c19-13-14-8-10-15(11-9-14)18-17(7-4-12-22-18)23(20,21)16-5-2-1-3-6-16/h1-3,5-6,8-11H,4,7,12H2. The molecule has 116 valence electrons. The van der Waals surface area contributed by atoms with Crippen LogP contribution in [-0.4, -0.2) is 15.0 Å². The molecule has 0 fully saturated rings. The Morgan fingerprint density at radius 1 is 1.00 bits per heavy atom. The van der Waals surface area contributed by atoms with Gasteiger partial charge in [0.05, 0.1) is 28.0 Å². The lowest BCUT2D eigenvalue weighted by atomic mass is 10.1. The maximum Gasteiger partial charge on any atom is 0.206 e. The molecule has 0 N–H and O–H groups in total. The average Bonchev–Trinajstić information content (AvgIpc) is 2.62. The second-order valence-electron chi connectivity index (χ2n) is 5.21. The van der Waals surface area contributed by atoms with Gasteiger partial charge < -0.3 is 4.74 Å². The Balaban J connectivity index is 2.13. The number of ether oxygens (including phenoxy) is 1. The monoisotopic (exact) mass is 325 g/mol. The molecule has 0 saturated carbocycles. The van der Waals surface area contributed by atoms with Gasteiger partial charge in [-0.15, -0.1) is 0 Å². The molecule has 0 aliphatic carbocycles. The number of hydrogen-bond acceptors (Lipinski definition) is 4. The van der Waals surface area contributed by atoms with Crippen molar-refractivity contribution in [1.29, 1.82) is 5.26 Å². The molecule has 2 aromatic rings. The third-order valence-electron chi connectivity index (χ3n) is 3.70. The summed E-state index contributed by atoms with van der Waals surface area (Å²) in [5.74, 6) is 0.393. The van der Waals surface area contributed by atoms with Gasteiger partial charge in [-0.3, -0.25) is 0 Å². The number of sulfone groups is 1. The lowest BCUT2D eigenvalue weighted by Gasteiger charge is -2.21. The summed E-state index contributed by atoms with van der Waals surface area (Å²) in [5.41, 5.74) is 1.20. The topological polar surface area (TPSA) is 67.2 Å². The van der Waals surface area contributed by atoms with Crippen LogP contribution in [0.5, 0.6) is 0 Å². The van der Waals surface area contributed by atoms with Crippen molar-refractivity contribution >= 4 is 15.6 Å². The predicted octanol–water partition coefficient (Wildman–Crippen LogP) is 3.51. The lowest BCUT2D eigenvalue weighted by molar-refractivity contribution is 0.256. The van der Waals surface area contributed by atoms with Gasteiger partial charge in [0, 0.05) is 5.56 Å². The maximum atomic E-state index is 12.9. The summed E-state index contributed by atoms with van der Waals surface area (Å²) >= 11 is 0. The highest BCUT2D eigenvalue weighted by Gasteiger charge is 2.28. The number of nitriles is 1. The molecular weight excluding hydrogens is 310 g/mol. The summed E-state index contributed by atoms with van der Waals surface area (Å²) in [6.07, 6.45) is 1.12. The zero-order valence-corrected chi connectivity index (χ0v) is 13.2. The third-order valence-corrected chi connectivity index (χ3v) is 5.63. The molecule has 1 aliphatic rings. The first-order valence-corrected chi connectivity index (χ1v) is 8.78. The van der Waals surface area contributed by atoms with Gasteiger partial charge in [0.25, 0.3) is 0 Å². The summed E-state index contributed by atoms with van der Waals surface area (Å²) in [5, 5.41) is 8.88. The first kappa shape index (κ1) is 15.3. The summed E-state index contributed by atoms with van der Waals surface area (Å²) in [6, 6.07) is 17.2. The van der Waals surface area contributed by atoms with Crippen molar-refractivity contribution in [1.82, 2.24) is 0 Å². The lowest BCUT2D eigenvalue weighted by Crippen LogP contribution is -2.14. The molecule has 0 aromatic heterocycles. The summed E-state index contributed by atoms with van der Waals surface area (Å²) < 4.78 is 31.5. The molecule has 0 amide bonds. The first-order valence-electron chi connectivity index (χ1n) is 7.29. The fraction of sp³-hybridized carbons (Fsp3) is 0.167. The Morgan fingerprint density at radius 2 is 1.70 bits per heavy atom. The van der Waals surface area contributed by atoms with Crippen LogP contribution in [0.1, 0.15) is 24.0 Å². The number of nitrogens with zero attached hydrogens (tertiary/aromatic N) is 1. The van der Waals surface area contributed by atoms with Gasteiger partial charge in [0.1, 0.15) is 5.76 Å². The van der Waals surface area contributed by atoms with E-state index in [1.807, 2.05) is 6.07 Å². The highest BCUT2D eigenvalue weighted by Crippen LogP contribution is 2.34. The average molecular weight is 325 g/mol. The van der Waals surface area contributed by atoms with Crippen molar-refractivity contribution in [2.24, 2.45) is 0 Å². The van der Waals surface area contributed by atoms with E-state index in [0.29, 0.717) is 41.2 Å². The molecule has 0 spiro atoms. The highest BCUT2D eigenvalue weighted by atomic mass is 32.2. The molecule has 1 heterocycles. The van der Waals surface area contributed by atoms with Gasteiger partial charge in [-0.1, -0.05) is 18.2 Å². The van der Waals surface area contributed by atoms with E-state index in [9.17, 15) is 8.42 Å². The number of hydrogen-bond donors (Lipinski definition) is 0. The van der Waals surface area contributed by atoms with E-state index in [0.717, 1.165) is 0 Å². The molecular formula is C18H15NO3S. The molecule has 23 heavy (non-hydrogen) atoms. The third kappa shape index (κ3) is 2.99. The largest absolute Gasteiger partial charge is 0.492 e. The minimum Gasteiger partial charge on any atom is -0.492 e. The zero-order valence-electron chi connectivity index (χ0n) is 12.4. The van der Waals surface area contributed by atoms with E-state index in [2.05, 4.69) is 0 Å². The van der Waals surface area contributed by atoms with Crippen molar-refractivity contribution in [3.63, 3.8) is 0 Å². The number of benzene rings is 2. The minimum absolute atomic E-state index is 0.270. The van der Waals surface area contributed by atoms with Crippen molar-refractivity contribution < 1.29 is 13.2 Å². The van der Waals surface area contributed by atoms with Crippen LogP contribution in [0.3, 0.4) is 0 Å². The van der Waals surface area contributed by atoms with Gasteiger partial charge in [-0.25, -0.2) is 8.42 Å². The Bertz CT molecular complexity index is 876. The Morgan fingerprint density at radius 3 is 2.35 bits per heavy atom. The van der Waals surface area contributed by atoms with Crippen LogP contribution < -0.4 is 0 Å². The van der Waals surface area contributed by atoms with E-state index >= 15 is 0 Å². The van der Waals surface area contributed by atoms with Gasteiger partial charge in [-0.2, -0.15) is 5.26 Å². The van der Waals surface area contributed by atoms with Crippen molar-refractivity contribution in [3.8, 4) is 6.07 Å². The van der Waals surface area contributed by atoms with E-state index < -0.39 is 9.84 Å². The minimum atomic E-state index is -3.59. The molecule has 5 heteroatoms. The summed E-state index contributed by atoms with van der Waals surface area (Å²) in [7, 11) is -3.59. The highest BCUT2D eigenvalue weighted by molar-refractivity contribution is 7.95. The first-order chi connectivity index (χ1) is 11.1. The van der Waals surface area contributed by atoms with Crippen molar-refractivity contribution in [2.45, 2.75) is 17.7 Å². The van der Waals surface area contributed by atoms with Crippen LogP contribution in [0.2, 0.25) is 0 Å². The summed E-state index contributed by atoms with van der Waals surface area (Å²) in [6.45, 7) is 0.489. The number of allylic oxidation sites excluding steroid dienone is 1. The Kier molecular flexibility index (Phi) is 4.18. The van der Waals surface area contributed by atoms with E-state index in [-0.39, 0.29) is 4.90 Å². The zero-order chi connectivity index (χ0) is 16.3. The van der Waals surface area contributed by atoms with Crippen molar-refractivity contribution in [2.75, 3.05) is 6.61 Å². The molecule has 3 rings (SSSR count). The van der Waals surface area contributed by atoms with Crippen LogP contribution in [0.4, 0.5) is 0 Å². The smallest absolute Gasteiger partial charge is 0.206 e. The van der Waals surface area contributed by atoms with E-state index in [1.165, 1.54) is 0 Å². The van der Waals surface area contributed by atoms with E-state index in [1.54, 1.807) is 54.6 Å². The molecule has 4 nitrogen and oxygen atoms in total. The molecule has 2 aromatic carbocycles. The van der Waals surface area contributed by atoms with Crippen LogP contribution in [0.15, 0.2) is 64.4 Å². The van der Waals surface area contributed by atoms with Gasteiger partial charge in [-0.05, 0) is 49.2 Å². The summed E-state index contributed by atoms with van der Waals surface area (Å²) in [4.78, 5) is 0.575. The second kappa shape index (κ2) is 6.27. The predicted molar refractivity (Wildman–Crippen MR) is 86.9 cm³/mol. The van der Waals surface area contributed by atoms with Crippen LogP contribution in [-0.2, 0) is 14.6 Å². The fourth-order valence-corrected chi connectivity index (χ4v) is 4.17. The molecule has 1 aliphatic heterocycles. The molecule has 0 unspecified atom stereocenters. The van der Waals surface area contributed by atoms with E-state index in [4.69, 9.17) is 10.00 Å². The maximum absolute atomic E-state index is 12.9. The normalized spacial score (nSPS) is 14.9. The van der Waals surface area contributed by atoms with Crippen LogP contribution in [0.25, 0.3) is 5.76 Å². The van der Waals surface area contributed by atoms with Crippen LogP contribution in [0, 0.1) is 11.3 Å². The number of rotatable bonds is 3. The molecule has 0 atom stereocenters. The Hall–Kier alpha value is -2.58. The van der Waals surface area contributed by atoms with Gasteiger partial charge in [0.2, 0.25) is 9.84 Å². The molecule has 0 saturated heterocycles. The fourth-order valence-electron chi connectivity index (χ4n) is 2.54. The Labute approximate surface area is 135 Å².